The summed E-state index contributed by atoms with van der Waals surface area (Å²) < 4.78 is 69.5. The minimum absolute atomic E-state index is 0.117. The summed E-state index contributed by atoms with van der Waals surface area (Å²) in [4.78, 5) is 0. The molecule has 0 bridgehead atoms. The molecule has 0 aliphatic heterocycles. The Hall–Kier alpha value is -2.15. The van der Waals surface area contributed by atoms with Crippen LogP contribution in [0.25, 0.3) is 0 Å². The number of hydrogen-bond donors (Lipinski definition) is 1. The van der Waals surface area contributed by atoms with E-state index in [4.69, 9.17) is 10.5 Å². The second kappa shape index (κ2) is 5.69. The molecule has 7 heteroatoms. The van der Waals surface area contributed by atoms with E-state index in [1.165, 1.54) is 12.1 Å². The normalized spacial score (nSPS) is 11.5. The van der Waals surface area contributed by atoms with E-state index in [9.17, 15) is 22.0 Å². The molecule has 0 aromatic heterocycles. The molecule has 0 radical (unpaired) electrons. The summed E-state index contributed by atoms with van der Waals surface area (Å²) in [7, 11) is 0. The molecule has 112 valence electrons. The highest BCUT2D eigenvalue weighted by atomic mass is 19.4. The minimum atomic E-state index is -4.86. The van der Waals surface area contributed by atoms with Gasteiger partial charge in [0.15, 0.2) is 11.6 Å². The molecule has 0 amide bonds. The van der Waals surface area contributed by atoms with Gasteiger partial charge >= 0.3 is 6.18 Å². The van der Waals surface area contributed by atoms with E-state index in [2.05, 4.69) is 0 Å². The highest BCUT2D eigenvalue weighted by Gasteiger charge is 2.34. The number of nitrogens with two attached hydrogens (primary N) is 1. The third-order valence-corrected chi connectivity index (χ3v) is 2.70. The molecule has 0 aliphatic rings. The molecule has 0 unspecified atom stereocenters. The molecule has 2 N–H and O–H groups in total. The third kappa shape index (κ3) is 3.49. The van der Waals surface area contributed by atoms with E-state index in [1.807, 2.05) is 0 Å². The first kappa shape index (κ1) is 15.2. The lowest BCUT2D eigenvalue weighted by molar-refractivity contribution is -0.140. The number of rotatable bonds is 3. The number of alkyl halides is 3. The van der Waals surface area contributed by atoms with E-state index in [0.717, 1.165) is 12.1 Å². The molecule has 2 nitrogen and oxygen atoms in total. The van der Waals surface area contributed by atoms with Crippen molar-refractivity contribution in [2.24, 2.45) is 5.73 Å². The van der Waals surface area contributed by atoms with Gasteiger partial charge in [-0.05, 0) is 35.9 Å². The molecule has 2 aromatic rings. The Labute approximate surface area is 116 Å². The summed E-state index contributed by atoms with van der Waals surface area (Å²) in [5, 5.41) is 0. The summed E-state index contributed by atoms with van der Waals surface area (Å²) in [5.41, 5.74) is 4.37. The standard InChI is InChI=1S/C14H10F5NO/c15-11-3-2-9(6-10(11)14(17,18)19)21-13-4-1-8(7-20)5-12(13)16/h1-6H,7,20H2. The van der Waals surface area contributed by atoms with E-state index in [0.29, 0.717) is 17.7 Å². The Morgan fingerprint density at radius 2 is 1.67 bits per heavy atom. The van der Waals surface area contributed by atoms with Crippen LogP contribution in [0.15, 0.2) is 36.4 Å². The van der Waals surface area contributed by atoms with Gasteiger partial charge in [-0.25, -0.2) is 8.78 Å². The van der Waals surface area contributed by atoms with Crippen LogP contribution >= 0.6 is 0 Å². The molecule has 0 heterocycles. The number of benzene rings is 2. The zero-order valence-electron chi connectivity index (χ0n) is 10.5. The molecule has 0 saturated carbocycles. The quantitative estimate of drug-likeness (QED) is 0.861. The fourth-order valence-corrected chi connectivity index (χ4v) is 1.67. The van der Waals surface area contributed by atoms with Crippen molar-refractivity contribution in [2.75, 3.05) is 0 Å². The Morgan fingerprint density at radius 3 is 2.24 bits per heavy atom. The molecule has 0 aliphatic carbocycles. The SMILES string of the molecule is NCc1ccc(Oc2ccc(F)c(C(F)(F)F)c2)c(F)c1. The van der Waals surface area contributed by atoms with Crippen molar-refractivity contribution >= 4 is 0 Å². The molecule has 0 atom stereocenters. The van der Waals surface area contributed by atoms with Gasteiger partial charge in [0.25, 0.3) is 0 Å². The second-order valence-electron chi connectivity index (χ2n) is 4.21. The fraction of sp³-hybridized carbons (Fsp3) is 0.143. The maximum atomic E-state index is 13.7. The maximum absolute atomic E-state index is 13.7. The predicted molar refractivity (Wildman–Crippen MR) is 65.8 cm³/mol. The molecular formula is C14H10F5NO. The largest absolute Gasteiger partial charge is 0.454 e. The van der Waals surface area contributed by atoms with E-state index < -0.39 is 23.4 Å². The Bertz CT molecular complexity index is 654. The van der Waals surface area contributed by atoms with Crippen LogP contribution in [0.4, 0.5) is 22.0 Å². The lowest BCUT2D eigenvalue weighted by atomic mass is 10.2. The van der Waals surface area contributed by atoms with E-state index in [-0.39, 0.29) is 18.0 Å². The topological polar surface area (TPSA) is 35.2 Å². The fourth-order valence-electron chi connectivity index (χ4n) is 1.67. The van der Waals surface area contributed by atoms with Gasteiger partial charge in [-0.3, -0.25) is 0 Å². The van der Waals surface area contributed by atoms with E-state index >= 15 is 0 Å². The van der Waals surface area contributed by atoms with Crippen LogP contribution in [0.1, 0.15) is 11.1 Å². The monoisotopic (exact) mass is 303 g/mol. The average Bonchev–Trinajstić information content (AvgIpc) is 2.41. The Morgan fingerprint density at radius 1 is 0.952 bits per heavy atom. The average molecular weight is 303 g/mol. The predicted octanol–water partition coefficient (Wildman–Crippen LogP) is 4.23. The summed E-state index contributed by atoms with van der Waals surface area (Å²) in [6, 6.07) is 5.92. The summed E-state index contributed by atoms with van der Waals surface area (Å²) in [5.74, 6) is -2.78. The van der Waals surface area contributed by atoms with Gasteiger partial charge in [-0.1, -0.05) is 6.07 Å². The van der Waals surface area contributed by atoms with Crippen LogP contribution in [-0.4, -0.2) is 0 Å². The van der Waals surface area contributed by atoms with Crippen molar-refractivity contribution in [3.8, 4) is 11.5 Å². The Balaban J connectivity index is 2.32. The van der Waals surface area contributed by atoms with Crippen molar-refractivity contribution < 1.29 is 26.7 Å². The van der Waals surface area contributed by atoms with Gasteiger partial charge in [0, 0.05) is 6.54 Å². The summed E-state index contributed by atoms with van der Waals surface area (Å²) in [6.45, 7) is 0.117. The molecule has 0 saturated heterocycles. The van der Waals surface area contributed by atoms with Gasteiger partial charge in [0.2, 0.25) is 0 Å². The van der Waals surface area contributed by atoms with Crippen LogP contribution in [0.5, 0.6) is 11.5 Å². The zero-order valence-corrected chi connectivity index (χ0v) is 10.5. The first-order valence-electron chi connectivity index (χ1n) is 5.84. The van der Waals surface area contributed by atoms with Gasteiger partial charge < -0.3 is 10.5 Å². The highest BCUT2D eigenvalue weighted by Crippen LogP contribution is 2.35. The summed E-state index contributed by atoms with van der Waals surface area (Å²) >= 11 is 0. The molecule has 0 fully saturated rings. The molecule has 0 spiro atoms. The van der Waals surface area contributed by atoms with Crippen LogP contribution in [0.3, 0.4) is 0 Å². The van der Waals surface area contributed by atoms with Gasteiger partial charge in [-0.15, -0.1) is 0 Å². The lowest BCUT2D eigenvalue weighted by Gasteiger charge is -2.12. The van der Waals surface area contributed by atoms with Crippen LogP contribution in [-0.2, 0) is 12.7 Å². The van der Waals surface area contributed by atoms with Crippen molar-refractivity contribution in [3.05, 3.63) is 59.2 Å². The van der Waals surface area contributed by atoms with Gasteiger partial charge in [-0.2, -0.15) is 13.2 Å². The molecule has 2 rings (SSSR count). The molecule has 21 heavy (non-hydrogen) atoms. The minimum Gasteiger partial charge on any atom is -0.454 e. The maximum Gasteiger partial charge on any atom is 0.419 e. The number of halogens is 5. The van der Waals surface area contributed by atoms with Gasteiger partial charge in [0.05, 0.1) is 5.56 Å². The van der Waals surface area contributed by atoms with Crippen molar-refractivity contribution in [2.45, 2.75) is 12.7 Å². The van der Waals surface area contributed by atoms with Crippen molar-refractivity contribution in [3.63, 3.8) is 0 Å². The summed E-state index contributed by atoms with van der Waals surface area (Å²) in [6.07, 6.45) is -4.86. The van der Waals surface area contributed by atoms with Crippen LogP contribution < -0.4 is 10.5 Å². The molecule has 2 aromatic carbocycles. The van der Waals surface area contributed by atoms with Gasteiger partial charge in [0.1, 0.15) is 11.6 Å². The number of hydrogen-bond acceptors (Lipinski definition) is 2. The third-order valence-electron chi connectivity index (χ3n) is 2.70. The number of ether oxygens (including phenoxy) is 1. The Kier molecular flexibility index (Phi) is 4.13. The highest BCUT2D eigenvalue weighted by molar-refractivity contribution is 5.37. The molecular weight excluding hydrogens is 293 g/mol. The van der Waals surface area contributed by atoms with Crippen LogP contribution in [0, 0.1) is 11.6 Å². The van der Waals surface area contributed by atoms with Crippen molar-refractivity contribution in [1.29, 1.82) is 0 Å². The zero-order chi connectivity index (χ0) is 15.6. The van der Waals surface area contributed by atoms with E-state index in [1.54, 1.807) is 0 Å². The first-order valence-corrected chi connectivity index (χ1v) is 5.84. The lowest BCUT2D eigenvalue weighted by Crippen LogP contribution is -2.08. The van der Waals surface area contributed by atoms with Crippen molar-refractivity contribution in [1.82, 2.24) is 0 Å². The van der Waals surface area contributed by atoms with Crippen LogP contribution in [0.2, 0.25) is 0 Å². The second-order valence-corrected chi connectivity index (χ2v) is 4.21. The smallest absolute Gasteiger partial charge is 0.419 e. The first-order chi connectivity index (χ1) is 9.81.